The van der Waals surface area contributed by atoms with E-state index in [2.05, 4.69) is 36.2 Å². The Bertz CT molecular complexity index is 1370. The highest BCUT2D eigenvalue weighted by molar-refractivity contribution is 6.01. The third kappa shape index (κ3) is 3.77. The van der Waals surface area contributed by atoms with Crippen molar-refractivity contribution in [3.05, 3.63) is 59.3 Å². The fourth-order valence-corrected chi connectivity index (χ4v) is 6.78. The average Bonchev–Trinajstić information content (AvgIpc) is 3.60. The second-order valence-electron chi connectivity index (χ2n) is 10.9. The van der Waals surface area contributed by atoms with Gasteiger partial charge in [0.15, 0.2) is 17.0 Å². The Hall–Kier alpha value is -3.48. The smallest absolute Gasteiger partial charge is 0.255 e. The number of hydrogen-bond donors (Lipinski definition) is 1. The maximum absolute atomic E-state index is 14.3. The number of nitrogens with zero attached hydrogens (tertiary/aromatic N) is 2. The third-order valence-corrected chi connectivity index (χ3v) is 8.67. The zero-order valence-electron chi connectivity index (χ0n) is 22.6. The van der Waals surface area contributed by atoms with Crippen LogP contribution in [0.1, 0.15) is 75.6 Å². The number of H-pyrrole nitrogens is 1. The minimum Gasteiger partial charge on any atom is -0.490 e. The highest BCUT2D eigenvalue weighted by Gasteiger charge is 2.57. The van der Waals surface area contributed by atoms with Gasteiger partial charge < -0.3 is 24.3 Å². The van der Waals surface area contributed by atoms with Crippen LogP contribution >= 0.6 is 0 Å². The molecule has 0 bridgehead atoms. The summed E-state index contributed by atoms with van der Waals surface area (Å²) in [7, 11) is 0. The number of benzene rings is 2. The van der Waals surface area contributed by atoms with Gasteiger partial charge in [-0.2, -0.15) is 0 Å². The number of carbonyl (C=O) groups is 2. The van der Waals surface area contributed by atoms with E-state index in [0.717, 1.165) is 65.6 Å². The molecule has 2 fully saturated rings. The van der Waals surface area contributed by atoms with Crippen molar-refractivity contribution in [2.75, 3.05) is 26.3 Å². The summed E-state index contributed by atoms with van der Waals surface area (Å²) in [6.45, 7) is 7.74. The number of aromatic amines is 1. The second kappa shape index (κ2) is 9.68. The lowest BCUT2D eigenvalue weighted by Gasteiger charge is -2.52. The van der Waals surface area contributed by atoms with Crippen LogP contribution in [0.2, 0.25) is 0 Å². The Kier molecular flexibility index (Phi) is 6.33. The van der Waals surface area contributed by atoms with Gasteiger partial charge in [-0.15, -0.1) is 0 Å². The lowest BCUT2D eigenvalue weighted by atomic mass is 9.76. The first-order valence-corrected chi connectivity index (χ1v) is 14.1. The standard InChI is InChI=1S/C31H37N3O4/c1-4-16-38-25-15-14-20(17-26(25)37-5-2)23-18-34-27(35)19-33(21-10-6-7-11-21)30(36)31(34,3)29-28(23)22-12-8-9-13-24(22)32-29/h8-9,12-15,17,21,23,32H,4-7,10-11,16,18-19H2,1-3H3. The molecule has 2 atom stereocenters. The fourth-order valence-electron chi connectivity index (χ4n) is 6.78. The first kappa shape index (κ1) is 24.8. The molecular formula is C31H37N3O4. The van der Waals surface area contributed by atoms with Crippen molar-refractivity contribution in [2.45, 2.75) is 70.4 Å². The van der Waals surface area contributed by atoms with E-state index in [4.69, 9.17) is 9.47 Å². The van der Waals surface area contributed by atoms with Crippen LogP contribution in [0.15, 0.2) is 42.5 Å². The number of hydrogen-bond acceptors (Lipinski definition) is 4. The summed E-state index contributed by atoms with van der Waals surface area (Å²) in [4.78, 5) is 35.3. The molecule has 2 aliphatic heterocycles. The van der Waals surface area contributed by atoms with Gasteiger partial charge in [0.25, 0.3) is 5.91 Å². The van der Waals surface area contributed by atoms with Gasteiger partial charge in [0.2, 0.25) is 5.91 Å². The van der Waals surface area contributed by atoms with Gasteiger partial charge in [0.05, 0.1) is 18.9 Å². The first-order valence-electron chi connectivity index (χ1n) is 14.1. The molecule has 200 valence electrons. The van der Waals surface area contributed by atoms with Crippen molar-refractivity contribution in [3.8, 4) is 11.5 Å². The number of carbonyl (C=O) groups excluding carboxylic acids is 2. The van der Waals surface area contributed by atoms with Crippen LogP contribution in [0.3, 0.4) is 0 Å². The lowest BCUT2D eigenvalue weighted by Crippen LogP contribution is -2.68. The average molecular weight is 516 g/mol. The summed E-state index contributed by atoms with van der Waals surface area (Å²) >= 11 is 0. The summed E-state index contributed by atoms with van der Waals surface area (Å²) in [5.41, 5.74) is 2.90. The lowest BCUT2D eigenvalue weighted by molar-refractivity contribution is -0.168. The minimum atomic E-state index is -1.06. The molecule has 2 unspecified atom stereocenters. The molecule has 6 rings (SSSR count). The molecule has 3 aromatic rings. The monoisotopic (exact) mass is 515 g/mol. The zero-order chi connectivity index (χ0) is 26.4. The number of rotatable bonds is 7. The SMILES string of the molecule is CCCOc1ccc(C2CN3C(=O)CN(C4CCCC4)C(=O)C3(C)c3[nH]c4ccccc4c32)cc1OCC. The zero-order valence-corrected chi connectivity index (χ0v) is 22.6. The van der Waals surface area contributed by atoms with Gasteiger partial charge in [-0.05, 0) is 62.4 Å². The Morgan fingerprint density at radius 2 is 1.82 bits per heavy atom. The number of nitrogens with one attached hydrogen (secondary N) is 1. The highest BCUT2D eigenvalue weighted by Crippen LogP contribution is 2.49. The largest absolute Gasteiger partial charge is 0.490 e. The third-order valence-electron chi connectivity index (χ3n) is 8.67. The molecule has 2 aromatic carbocycles. The van der Waals surface area contributed by atoms with E-state index >= 15 is 0 Å². The van der Waals surface area contributed by atoms with Crippen molar-refractivity contribution in [2.24, 2.45) is 0 Å². The van der Waals surface area contributed by atoms with Crippen LogP contribution in [-0.4, -0.2) is 58.9 Å². The van der Waals surface area contributed by atoms with Gasteiger partial charge in [-0.25, -0.2) is 0 Å². The molecule has 2 amide bonds. The van der Waals surface area contributed by atoms with E-state index in [1.807, 2.05) is 41.8 Å². The molecule has 7 nitrogen and oxygen atoms in total. The van der Waals surface area contributed by atoms with E-state index < -0.39 is 5.54 Å². The van der Waals surface area contributed by atoms with Crippen molar-refractivity contribution >= 4 is 22.7 Å². The number of fused-ring (bicyclic) bond motifs is 5. The molecule has 1 N–H and O–H groups in total. The van der Waals surface area contributed by atoms with E-state index in [1.54, 1.807) is 0 Å². The Morgan fingerprint density at radius 3 is 2.58 bits per heavy atom. The molecule has 3 heterocycles. The van der Waals surface area contributed by atoms with Crippen molar-refractivity contribution < 1.29 is 19.1 Å². The normalized spacial score (nSPS) is 23.6. The molecule has 1 aliphatic carbocycles. The summed E-state index contributed by atoms with van der Waals surface area (Å²) in [6.07, 6.45) is 5.09. The maximum Gasteiger partial charge on any atom is 0.255 e. The molecule has 38 heavy (non-hydrogen) atoms. The predicted octanol–water partition coefficient (Wildman–Crippen LogP) is 5.33. The van der Waals surface area contributed by atoms with E-state index in [9.17, 15) is 9.59 Å². The van der Waals surface area contributed by atoms with Crippen LogP contribution in [-0.2, 0) is 15.1 Å². The molecule has 1 saturated heterocycles. The summed E-state index contributed by atoms with van der Waals surface area (Å²) < 4.78 is 11.9. The maximum atomic E-state index is 14.3. The topological polar surface area (TPSA) is 74.9 Å². The number of amides is 2. The second-order valence-corrected chi connectivity index (χ2v) is 10.9. The fraction of sp³-hybridized carbons (Fsp3) is 0.484. The first-order chi connectivity index (χ1) is 18.5. The predicted molar refractivity (Wildman–Crippen MR) is 147 cm³/mol. The van der Waals surface area contributed by atoms with Gasteiger partial charge in [-0.1, -0.05) is 44.0 Å². The van der Waals surface area contributed by atoms with Crippen molar-refractivity contribution in [3.63, 3.8) is 0 Å². The van der Waals surface area contributed by atoms with Gasteiger partial charge in [0.1, 0.15) is 6.54 Å². The molecule has 7 heteroatoms. The summed E-state index contributed by atoms with van der Waals surface area (Å²) in [5.74, 6) is 1.38. The molecule has 0 spiro atoms. The van der Waals surface area contributed by atoms with Crippen molar-refractivity contribution in [1.82, 2.24) is 14.8 Å². The van der Waals surface area contributed by atoms with Gasteiger partial charge in [0, 0.05) is 29.4 Å². The number of para-hydroxylation sites is 1. The summed E-state index contributed by atoms with van der Waals surface area (Å²) in [5, 5.41) is 1.09. The van der Waals surface area contributed by atoms with Crippen LogP contribution in [0.5, 0.6) is 11.5 Å². The minimum absolute atomic E-state index is 0.0150. The van der Waals surface area contributed by atoms with E-state index in [-0.39, 0.29) is 30.3 Å². The van der Waals surface area contributed by atoms with E-state index in [0.29, 0.717) is 25.5 Å². The Balaban J connectivity index is 1.50. The number of ether oxygens (including phenoxy) is 2. The van der Waals surface area contributed by atoms with Crippen LogP contribution in [0.4, 0.5) is 0 Å². The van der Waals surface area contributed by atoms with Gasteiger partial charge in [-0.3, -0.25) is 9.59 Å². The number of aromatic nitrogens is 1. The van der Waals surface area contributed by atoms with Crippen molar-refractivity contribution in [1.29, 1.82) is 0 Å². The molecule has 1 aromatic heterocycles. The summed E-state index contributed by atoms with van der Waals surface area (Å²) in [6, 6.07) is 14.5. The highest BCUT2D eigenvalue weighted by atomic mass is 16.5. The van der Waals surface area contributed by atoms with E-state index in [1.165, 1.54) is 0 Å². The molecule has 0 radical (unpaired) electrons. The quantitative estimate of drug-likeness (QED) is 0.462. The Morgan fingerprint density at radius 1 is 1.03 bits per heavy atom. The van der Waals surface area contributed by atoms with Crippen LogP contribution in [0, 0.1) is 0 Å². The number of piperazine rings is 1. The molecular weight excluding hydrogens is 478 g/mol. The Labute approximate surface area is 224 Å². The van der Waals surface area contributed by atoms with Gasteiger partial charge >= 0.3 is 0 Å². The molecule has 1 saturated carbocycles. The molecule has 3 aliphatic rings. The van der Waals surface area contributed by atoms with Crippen LogP contribution in [0.25, 0.3) is 10.9 Å². The van der Waals surface area contributed by atoms with Crippen LogP contribution < -0.4 is 9.47 Å².